The standard InChI is InChI=1S/C23H26N2O4/c1-14-17-11-23(29-4)22(28-3)9-15(17)7-8-25(14)13-21(26)19-12-24-20-6-5-16(27-2)10-18(19)20/h5-6,9-12,14,24H,7-8,13H2,1-4H3/p+1/t14-/m0/s1. The molecule has 1 aromatic heterocycles. The lowest BCUT2D eigenvalue weighted by Gasteiger charge is -2.32. The van der Waals surface area contributed by atoms with Crippen LogP contribution in [0.4, 0.5) is 0 Å². The van der Waals surface area contributed by atoms with Crippen molar-refractivity contribution in [1.29, 1.82) is 0 Å². The number of carbonyl (C=O) groups is 1. The highest BCUT2D eigenvalue weighted by atomic mass is 16.5. The highest BCUT2D eigenvalue weighted by Gasteiger charge is 2.31. The number of methoxy groups -OCH3 is 3. The zero-order valence-corrected chi connectivity index (χ0v) is 17.3. The van der Waals surface area contributed by atoms with E-state index in [9.17, 15) is 4.79 Å². The monoisotopic (exact) mass is 395 g/mol. The predicted octanol–water partition coefficient (Wildman–Crippen LogP) is 2.58. The predicted molar refractivity (Wildman–Crippen MR) is 112 cm³/mol. The number of Topliss-reactive ketones (excluding diaryl/α,β-unsaturated/α-hetero) is 1. The van der Waals surface area contributed by atoms with E-state index >= 15 is 0 Å². The van der Waals surface area contributed by atoms with Gasteiger partial charge in [0.15, 0.2) is 11.5 Å². The topological polar surface area (TPSA) is 65.0 Å². The minimum Gasteiger partial charge on any atom is -0.497 e. The van der Waals surface area contributed by atoms with Crippen LogP contribution in [0.25, 0.3) is 10.9 Å². The number of ether oxygens (including phenoxy) is 3. The van der Waals surface area contributed by atoms with Gasteiger partial charge in [-0.2, -0.15) is 0 Å². The molecule has 2 N–H and O–H groups in total. The molecule has 0 bridgehead atoms. The largest absolute Gasteiger partial charge is 0.497 e. The molecule has 29 heavy (non-hydrogen) atoms. The Balaban J connectivity index is 1.59. The fourth-order valence-electron chi connectivity index (χ4n) is 4.29. The van der Waals surface area contributed by atoms with Gasteiger partial charge in [-0.25, -0.2) is 0 Å². The summed E-state index contributed by atoms with van der Waals surface area (Å²) in [5.74, 6) is 2.37. The van der Waals surface area contributed by atoms with Gasteiger partial charge in [0.05, 0.1) is 27.9 Å². The first-order chi connectivity index (χ1) is 14.0. The summed E-state index contributed by atoms with van der Waals surface area (Å²) < 4.78 is 16.2. The fourth-order valence-corrected chi connectivity index (χ4v) is 4.29. The highest BCUT2D eigenvalue weighted by Crippen LogP contribution is 2.34. The number of rotatable bonds is 6. The molecule has 0 aliphatic carbocycles. The maximum absolute atomic E-state index is 13.1. The van der Waals surface area contributed by atoms with Gasteiger partial charge in [0.25, 0.3) is 0 Å². The van der Waals surface area contributed by atoms with Crippen molar-refractivity contribution in [1.82, 2.24) is 4.98 Å². The first kappa shape index (κ1) is 19.3. The number of benzene rings is 2. The van der Waals surface area contributed by atoms with Crippen molar-refractivity contribution in [3.05, 3.63) is 53.2 Å². The Hall–Kier alpha value is -2.99. The zero-order valence-electron chi connectivity index (χ0n) is 17.3. The molecular formula is C23H27N2O4+. The molecule has 0 saturated carbocycles. The normalized spacial score (nSPS) is 18.3. The molecule has 0 saturated heterocycles. The van der Waals surface area contributed by atoms with E-state index in [0.717, 1.165) is 46.7 Å². The Bertz CT molecular complexity index is 1060. The Morgan fingerprint density at radius 3 is 2.59 bits per heavy atom. The lowest BCUT2D eigenvalue weighted by Crippen LogP contribution is -3.13. The maximum Gasteiger partial charge on any atom is 0.219 e. The Labute approximate surface area is 170 Å². The number of hydrogen-bond donors (Lipinski definition) is 2. The summed E-state index contributed by atoms with van der Waals surface area (Å²) in [4.78, 5) is 17.6. The summed E-state index contributed by atoms with van der Waals surface area (Å²) in [5, 5.41) is 0.908. The van der Waals surface area contributed by atoms with Crippen molar-refractivity contribution in [2.24, 2.45) is 0 Å². The summed E-state index contributed by atoms with van der Waals surface area (Å²) in [5.41, 5.74) is 4.15. The maximum atomic E-state index is 13.1. The van der Waals surface area contributed by atoms with Gasteiger partial charge in [0.2, 0.25) is 5.78 Å². The van der Waals surface area contributed by atoms with E-state index in [1.165, 1.54) is 16.0 Å². The van der Waals surface area contributed by atoms with Gasteiger partial charge >= 0.3 is 0 Å². The van der Waals surface area contributed by atoms with Crippen molar-refractivity contribution in [3.8, 4) is 17.2 Å². The zero-order chi connectivity index (χ0) is 20.5. The van der Waals surface area contributed by atoms with Gasteiger partial charge in [-0.1, -0.05) is 0 Å². The quantitative estimate of drug-likeness (QED) is 0.630. The number of aromatic nitrogens is 1. The van der Waals surface area contributed by atoms with E-state index in [0.29, 0.717) is 6.54 Å². The van der Waals surface area contributed by atoms with Crippen LogP contribution in [0.15, 0.2) is 36.5 Å². The number of aromatic amines is 1. The van der Waals surface area contributed by atoms with Crippen LogP contribution in [0.2, 0.25) is 0 Å². The molecule has 4 rings (SSSR count). The number of carbonyl (C=O) groups excluding carboxylic acids is 1. The molecule has 0 spiro atoms. The molecule has 1 aliphatic rings. The van der Waals surface area contributed by atoms with E-state index in [-0.39, 0.29) is 11.8 Å². The van der Waals surface area contributed by atoms with Crippen LogP contribution >= 0.6 is 0 Å². The number of hydrogen-bond acceptors (Lipinski definition) is 4. The van der Waals surface area contributed by atoms with Crippen LogP contribution in [-0.4, -0.2) is 45.2 Å². The average Bonchev–Trinajstić information content (AvgIpc) is 3.18. The molecule has 0 radical (unpaired) electrons. The molecular weight excluding hydrogens is 368 g/mol. The van der Waals surface area contributed by atoms with E-state index in [2.05, 4.69) is 24.0 Å². The number of ketones is 1. The molecule has 1 unspecified atom stereocenters. The molecule has 6 heteroatoms. The fraction of sp³-hybridized carbons (Fsp3) is 0.348. The molecule has 2 aromatic carbocycles. The molecule has 1 aliphatic heterocycles. The first-order valence-corrected chi connectivity index (χ1v) is 9.83. The number of nitrogens with one attached hydrogen (secondary N) is 2. The van der Waals surface area contributed by atoms with E-state index in [4.69, 9.17) is 14.2 Å². The second-order valence-electron chi connectivity index (χ2n) is 7.50. The summed E-state index contributed by atoms with van der Waals surface area (Å²) in [7, 11) is 4.94. The van der Waals surface area contributed by atoms with Crippen LogP contribution in [0.3, 0.4) is 0 Å². The summed E-state index contributed by atoms with van der Waals surface area (Å²) in [6, 6.07) is 10.1. The molecule has 152 valence electrons. The minimum atomic E-state index is 0.135. The van der Waals surface area contributed by atoms with Crippen molar-refractivity contribution in [3.63, 3.8) is 0 Å². The minimum absolute atomic E-state index is 0.135. The van der Waals surface area contributed by atoms with E-state index < -0.39 is 0 Å². The van der Waals surface area contributed by atoms with Crippen LogP contribution in [0.5, 0.6) is 17.2 Å². The Morgan fingerprint density at radius 1 is 1.10 bits per heavy atom. The van der Waals surface area contributed by atoms with Gasteiger partial charge in [-0.3, -0.25) is 4.79 Å². The summed E-state index contributed by atoms with van der Waals surface area (Å²) in [6.07, 6.45) is 2.71. The summed E-state index contributed by atoms with van der Waals surface area (Å²) in [6.45, 7) is 3.52. The molecule has 2 heterocycles. The molecule has 6 nitrogen and oxygen atoms in total. The number of quaternary nitrogens is 1. The van der Waals surface area contributed by atoms with Crippen LogP contribution in [0.1, 0.15) is 34.5 Å². The van der Waals surface area contributed by atoms with Crippen molar-refractivity contribution in [2.75, 3.05) is 34.4 Å². The van der Waals surface area contributed by atoms with Crippen molar-refractivity contribution < 1.29 is 23.9 Å². The highest BCUT2D eigenvalue weighted by molar-refractivity contribution is 6.08. The van der Waals surface area contributed by atoms with Gasteiger partial charge < -0.3 is 24.1 Å². The van der Waals surface area contributed by atoms with Gasteiger partial charge in [0, 0.05) is 34.6 Å². The van der Waals surface area contributed by atoms with Gasteiger partial charge in [-0.05, 0) is 42.8 Å². The molecule has 2 atom stereocenters. The third kappa shape index (κ3) is 3.44. The summed E-state index contributed by atoms with van der Waals surface area (Å²) >= 11 is 0. The van der Waals surface area contributed by atoms with Crippen molar-refractivity contribution in [2.45, 2.75) is 19.4 Å². The average molecular weight is 395 g/mol. The molecule has 3 aromatic rings. The van der Waals surface area contributed by atoms with Gasteiger partial charge in [-0.15, -0.1) is 0 Å². The smallest absolute Gasteiger partial charge is 0.219 e. The third-order valence-corrected chi connectivity index (χ3v) is 6.02. The first-order valence-electron chi connectivity index (χ1n) is 9.83. The second-order valence-corrected chi connectivity index (χ2v) is 7.50. The SMILES string of the molecule is COc1ccc2[nH]cc(C(=O)C[NH+]3CCc4cc(OC)c(OC)cc4[C@@H]3C)c2c1. The Morgan fingerprint density at radius 2 is 1.86 bits per heavy atom. The Kier molecular flexibility index (Phi) is 5.20. The lowest BCUT2D eigenvalue weighted by molar-refractivity contribution is -0.923. The van der Waals surface area contributed by atoms with Crippen LogP contribution in [-0.2, 0) is 6.42 Å². The number of H-pyrrole nitrogens is 1. The lowest BCUT2D eigenvalue weighted by atomic mass is 9.92. The van der Waals surface area contributed by atoms with Gasteiger partial charge in [0.1, 0.15) is 18.3 Å². The van der Waals surface area contributed by atoms with Crippen LogP contribution < -0.4 is 19.1 Å². The van der Waals surface area contributed by atoms with Crippen LogP contribution in [0, 0.1) is 0 Å². The number of fused-ring (bicyclic) bond motifs is 2. The van der Waals surface area contributed by atoms with E-state index in [1.54, 1.807) is 21.3 Å². The third-order valence-electron chi connectivity index (χ3n) is 6.02. The van der Waals surface area contributed by atoms with Crippen molar-refractivity contribution >= 4 is 16.7 Å². The second kappa shape index (κ2) is 7.79. The van der Waals surface area contributed by atoms with E-state index in [1.807, 2.05) is 24.4 Å². The molecule has 0 amide bonds. The molecule has 0 fully saturated rings.